The number of halogens is 1. The van der Waals surface area contributed by atoms with Crippen molar-refractivity contribution < 1.29 is 4.79 Å². The van der Waals surface area contributed by atoms with Crippen LogP contribution in [-0.2, 0) is 18.4 Å². The van der Waals surface area contributed by atoms with Gasteiger partial charge in [0.05, 0.1) is 6.20 Å². The number of rotatable bonds is 4. The Labute approximate surface area is 124 Å². The minimum Gasteiger partial charge on any atom is -0.338 e. The summed E-state index contributed by atoms with van der Waals surface area (Å²) in [6.07, 6.45) is 7.10. The Kier molecular flexibility index (Phi) is 4.55. The number of hydrogen-bond donors (Lipinski definition) is 0. The van der Waals surface area contributed by atoms with Gasteiger partial charge in [0.1, 0.15) is 0 Å². The average molecular weight is 340 g/mol. The zero-order valence-electron chi connectivity index (χ0n) is 10.7. The summed E-state index contributed by atoms with van der Waals surface area (Å²) in [5.74, 6) is -0.0200. The Morgan fingerprint density at radius 3 is 3.00 bits per heavy atom. The predicted octanol–water partition coefficient (Wildman–Crippen LogP) is 2.92. The summed E-state index contributed by atoms with van der Waals surface area (Å²) in [4.78, 5) is 14.7. The quantitative estimate of drug-likeness (QED) is 0.803. The summed E-state index contributed by atoms with van der Waals surface area (Å²) in [7, 11) is 3.64. The van der Waals surface area contributed by atoms with Gasteiger partial charge in [-0.25, -0.2) is 0 Å². The van der Waals surface area contributed by atoms with Gasteiger partial charge in [0, 0.05) is 53.2 Å². The summed E-state index contributed by atoms with van der Waals surface area (Å²) >= 11 is 4.98. The van der Waals surface area contributed by atoms with Crippen molar-refractivity contribution in [3.05, 3.63) is 44.8 Å². The number of thiophene rings is 1. The molecule has 6 heteroatoms. The highest BCUT2D eigenvalue weighted by atomic mass is 79.9. The molecule has 0 aromatic carbocycles. The van der Waals surface area contributed by atoms with E-state index >= 15 is 0 Å². The molecular weight excluding hydrogens is 326 g/mol. The Bertz CT molecular complexity index is 603. The lowest BCUT2D eigenvalue weighted by molar-refractivity contribution is -0.125. The third-order valence-electron chi connectivity index (χ3n) is 2.53. The van der Waals surface area contributed by atoms with Crippen LogP contribution < -0.4 is 0 Å². The van der Waals surface area contributed by atoms with Crippen molar-refractivity contribution in [1.82, 2.24) is 14.7 Å². The molecule has 0 unspecified atom stereocenters. The van der Waals surface area contributed by atoms with Crippen LogP contribution in [0.25, 0.3) is 6.08 Å². The highest BCUT2D eigenvalue weighted by Gasteiger charge is 2.07. The first-order chi connectivity index (χ1) is 9.04. The van der Waals surface area contributed by atoms with Gasteiger partial charge < -0.3 is 4.90 Å². The van der Waals surface area contributed by atoms with Crippen LogP contribution in [-0.4, -0.2) is 27.6 Å². The van der Waals surface area contributed by atoms with E-state index in [4.69, 9.17) is 0 Å². The molecule has 2 heterocycles. The van der Waals surface area contributed by atoms with E-state index in [1.54, 1.807) is 40.2 Å². The number of nitrogens with zero attached hydrogens (tertiary/aromatic N) is 3. The number of aromatic nitrogens is 2. The molecule has 0 aliphatic carbocycles. The molecule has 2 rings (SSSR count). The molecule has 0 radical (unpaired) electrons. The van der Waals surface area contributed by atoms with Crippen LogP contribution in [0.3, 0.4) is 0 Å². The second-order valence-corrected chi connectivity index (χ2v) is 6.08. The third-order valence-corrected chi connectivity index (χ3v) is 4.19. The van der Waals surface area contributed by atoms with Gasteiger partial charge in [0.2, 0.25) is 5.91 Å². The fourth-order valence-corrected chi connectivity index (χ4v) is 2.94. The molecule has 0 atom stereocenters. The van der Waals surface area contributed by atoms with Crippen molar-refractivity contribution >= 4 is 39.2 Å². The molecule has 0 saturated carbocycles. The summed E-state index contributed by atoms with van der Waals surface area (Å²) in [5, 5.41) is 6.07. The molecule has 0 aliphatic rings. The Morgan fingerprint density at radius 1 is 1.63 bits per heavy atom. The molecule has 4 nitrogen and oxygen atoms in total. The third kappa shape index (κ3) is 4.04. The molecule has 2 aromatic heterocycles. The lowest BCUT2D eigenvalue weighted by Crippen LogP contribution is -2.23. The lowest BCUT2D eigenvalue weighted by Gasteiger charge is -2.13. The van der Waals surface area contributed by atoms with Gasteiger partial charge in [-0.15, -0.1) is 11.3 Å². The van der Waals surface area contributed by atoms with E-state index in [9.17, 15) is 4.79 Å². The second kappa shape index (κ2) is 6.16. The van der Waals surface area contributed by atoms with Crippen molar-refractivity contribution in [3.8, 4) is 0 Å². The van der Waals surface area contributed by atoms with Crippen molar-refractivity contribution in [2.45, 2.75) is 6.54 Å². The fourth-order valence-electron chi connectivity index (χ4n) is 1.60. The van der Waals surface area contributed by atoms with Crippen LogP contribution >= 0.6 is 27.3 Å². The van der Waals surface area contributed by atoms with Crippen molar-refractivity contribution in [2.24, 2.45) is 7.05 Å². The zero-order chi connectivity index (χ0) is 13.8. The normalized spacial score (nSPS) is 11.1. The van der Waals surface area contributed by atoms with Gasteiger partial charge >= 0.3 is 0 Å². The molecule has 100 valence electrons. The molecule has 19 heavy (non-hydrogen) atoms. The summed E-state index contributed by atoms with van der Waals surface area (Å²) in [6.45, 7) is 0.561. The van der Waals surface area contributed by atoms with Crippen molar-refractivity contribution in [1.29, 1.82) is 0 Å². The SMILES string of the molecule is CN(Cc1cnn(C)c1)C(=O)C=Cc1cc(Br)cs1. The van der Waals surface area contributed by atoms with Crippen LogP contribution in [0.15, 0.2) is 34.4 Å². The lowest BCUT2D eigenvalue weighted by atomic mass is 10.3. The molecule has 1 amide bonds. The van der Waals surface area contributed by atoms with Gasteiger partial charge in [0.15, 0.2) is 0 Å². The number of carbonyl (C=O) groups excluding carboxylic acids is 1. The van der Waals surface area contributed by atoms with Crippen LogP contribution in [0.5, 0.6) is 0 Å². The predicted molar refractivity (Wildman–Crippen MR) is 80.7 cm³/mol. The molecule has 0 fully saturated rings. The zero-order valence-corrected chi connectivity index (χ0v) is 13.1. The summed E-state index contributed by atoms with van der Waals surface area (Å²) < 4.78 is 2.76. The van der Waals surface area contributed by atoms with Gasteiger partial charge in [-0.05, 0) is 28.1 Å². The molecule has 0 bridgehead atoms. The molecule has 0 N–H and O–H groups in total. The van der Waals surface area contributed by atoms with Crippen LogP contribution in [0.1, 0.15) is 10.4 Å². The number of aryl methyl sites for hydroxylation is 1. The molecule has 0 saturated heterocycles. The van der Waals surface area contributed by atoms with Crippen molar-refractivity contribution in [2.75, 3.05) is 7.05 Å². The number of likely N-dealkylation sites (N-methyl/N-ethyl adjacent to an activating group) is 1. The number of amides is 1. The van der Waals surface area contributed by atoms with E-state index < -0.39 is 0 Å². The van der Waals surface area contributed by atoms with E-state index in [0.29, 0.717) is 6.54 Å². The van der Waals surface area contributed by atoms with E-state index in [2.05, 4.69) is 21.0 Å². The maximum atomic E-state index is 11.9. The maximum absolute atomic E-state index is 11.9. The highest BCUT2D eigenvalue weighted by Crippen LogP contribution is 2.20. The first-order valence-corrected chi connectivity index (χ1v) is 7.36. The van der Waals surface area contributed by atoms with Gasteiger partial charge in [-0.3, -0.25) is 9.48 Å². The van der Waals surface area contributed by atoms with Gasteiger partial charge in [-0.1, -0.05) is 0 Å². The topological polar surface area (TPSA) is 38.1 Å². The van der Waals surface area contributed by atoms with Gasteiger partial charge in [-0.2, -0.15) is 5.10 Å². The molecule has 2 aromatic rings. The van der Waals surface area contributed by atoms with Crippen LogP contribution in [0, 0.1) is 0 Å². The fraction of sp³-hybridized carbons (Fsp3) is 0.231. The Balaban J connectivity index is 1.94. The molecular formula is C13H14BrN3OS. The Hall–Kier alpha value is -1.40. The first-order valence-electron chi connectivity index (χ1n) is 5.69. The van der Waals surface area contributed by atoms with E-state index in [-0.39, 0.29) is 5.91 Å². The standard InChI is InChI=1S/C13H14BrN3OS/c1-16(7-10-6-15-17(2)8-10)13(18)4-3-12-5-11(14)9-19-12/h3-6,8-9H,7H2,1-2H3. The number of hydrogen-bond acceptors (Lipinski definition) is 3. The Morgan fingerprint density at radius 2 is 2.42 bits per heavy atom. The molecule has 0 spiro atoms. The van der Waals surface area contributed by atoms with Gasteiger partial charge in [0.25, 0.3) is 0 Å². The average Bonchev–Trinajstić information content (AvgIpc) is 2.95. The minimum absolute atomic E-state index is 0.0200. The van der Waals surface area contributed by atoms with Crippen LogP contribution in [0.4, 0.5) is 0 Å². The highest BCUT2D eigenvalue weighted by molar-refractivity contribution is 9.10. The number of carbonyl (C=O) groups is 1. The minimum atomic E-state index is -0.0200. The summed E-state index contributed by atoms with van der Waals surface area (Å²) in [5.41, 5.74) is 1.02. The maximum Gasteiger partial charge on any atom is 0.246 e. The smallest absolute Gasteiger partial charge is 0.246 e. The van der Waals surface area contributed by atoms with Crippen molar-refractivity contribution in [3.63, 3.8) is 0 Å². The second-order valence-electron chi connectivity index (χ2n) is 4.22. The molecule has 0 aliphatic heterocycles. The van der Waals surface area contributed by atoms with Crippen LogP contribution in [0.2, 0.25) is 0 Å². The van der Waals surface area contributed by atoms with E-state index in [1.165, 1.54) is 0 Å². The first kappa shape index (κ1) is 14.0. The van der Waals surface area contributed by atoms with E-state index in [0.717, 1.165) is 14.9 Å². The largest absolute Gasteiger partial charge is 0.338 e. The monoisotopic (exact) mass is 339 g/mol. The summed E-state index contributed by atoms with van der Waals surface area (Å²) in [6, 6.07) is 1.98. The van der Waals surface area contributed by atoms with E-state index in [1.807, 2.05) is 30.8 Å².